The topological polar surface area (TPSA) is 26.0 Å². The largest absolute Gasteiger partial charge is 0.419 e. The Labute approximate surface area is 103 Å². The monoisotopic (exact) mass is 261 g/mol. The molecule has 0 spiro atoms. The molecular formula is C13H15F4N. The van der Waals surface area contributed by atoms with Crippen LogP contribution in [-0.4, -0.2) is 0 Å². The van der Waals surface area contributed by atoms with Gasteiger partial charge in [-0.25, -0.2) is 4.39 Å². The first kappa shape index (κ1) is 13.3. The number of alkyl halides is 3. The Kier molecular flexibility index (Phi) is 3.61. The highest BCUT2D eigenvalue weighted by Gasteiger charge is 2.35. The molecule has 0 heterocycles. The van der Waals surface area contributed by atoms with Crippen LogP contribution in [-0.2, 0) is 6.18 Å². The molecule has 2 rings (SSSR count). The van der Waals surface area contributed by atoms with E-state index in [0.717, 1.165) is 37.8 Å². The third kappa shape index (κ3) is 2.66. The van der Waals surface area contributed by atoms with E-state index in [1.54, 1.807) is 0 Å². The molecule has 5 heteroatoms. The van der Waals surface area contributed by atoms with Crippen LogP contribution in [0, 0.1) is 11.7 Å². The molecule has 100 valence electrons. The maximum atomic E-state index is 13.1. The second kappa shape index (κ2) is 4.88. The van der Waals surface area contributed by atoms with Gasteiger partial charge in [0.2, 0.25) is 0 Å². The zero-order chi connectivity index (χ0) is 13.3. The van der Waals surface area contributed by atoms with Gasteiger partial charge in [0, 0.05) is 6.04 Å². The highest BCUT2D eigenvalue weighted by atomic mass is 19.4. The summed E-state index contributed by atoms with van der Waals surface area (Å²) in [5, 5.41) is 0. The van der Waals surface area contributed by atoms with Crippen molar-refractivity contribution in [2.75, 3.05) is 0 Å². The maximum absolute atomic E-state index is 13.1. The highest BCUT2D eigenvalue weighted by Crippen LogP contribution is 2.37. The summed E-state index contributed by atoms with van der Waals surface area (Å²) in [4.78, 5) is 0. The second-order valence-corrected chi connectivity index (χ2v) is 4.81. The SMILES string of the molecule is NC(c1ccc(F)c(C(F)(F)F)c1)C1CCCC1. The Bertz CT molecular complexity index is 421. The van der Waals surface area contributed by atoms with Crippen LogP contribution in [0.2, 0.25) is 0 Å². The number of rotatable bonds is 2. The molecule has 1 unspecified atom stereocenters. The van der Waals surface area contributed by atoms with E-state index in [0.29, 0.717) is 5.56 Å². The molecule has 0 aliphatic heterocycles. The summed E-state index contributed by atoms with van der Waals surface area (Å²) >= 11 is 0. The molecule has 1 atom stereocenters. The van der Waals surface area contributed by atoms with Crippen molar-refractivity contribution in [3.63, 3.8) is 0 Å². The van der Waals surface area contributed by atoms with Gasteiger partial charge >= 0.3 is 6.18 Å². The molecule has 0 bridgehead atoms. The van der Waals surface area contributed by atoms with E-state index >= 15 is 0 Å². The number of hydrogen-bond donors (Lipinski definition) is 1. The van der Waals surface area contributed by atoms with Gasteiger partial charge in [0.1, 0.15) is 5.82 Å². The Hall–Kier alpha value is -1.10. The molecule has 1 fully saturated rings. The van der Waals surface area contributed by atoms with Gasteiger partial charge in [-0.2, -0.15) is 13.2 Å². The summed E-state index contributed by atoms with van der Waals surface area (Å²) < 4.78 is 50.9. The fourth-order valence-corrected chi connectivity index (χ4v) is 2.56. The molecule has 1 aliphatic rings. The molecule has 0 aromatic heterocycles. The van der Waals surface area contributed by atoms with Crippen LogP contribution in [0.3, 0.4) is 0 Å². The molecule has 18 heavy (non-hydrogen) atoms. The molecule has 1 aromatic rings. The summed E-state index contributed by atoms with van der Waals surface area (Å²) in [6, 6.07) is 2.62. The molecule has 2 N–H and O–H groups in total. The van der Waals surface area contributed by atoms with Crippen molar-refractivity contribution in [3.05, 3.63) is 35.1 Å². The molecule has 1 nitrogen and oxygen atoms in total. The minimum Gasteiger partial charge on any atom is -0.324 e. The third-order valence-electron chi connectivity index (χ3n) is 3.59. The lowest BCUT2D eigenvalue weighted by atomic mass is 9.91. The van der Waals surface area contributed by atoms with Crippen molar-refractivity contribution in [1.82, 2.24) is 0 Å². The zero-order valence-electron chi connectivity index (χ0n) is 9.80. The first-order valence-electron chi connectivity index (χ1n) is 6.02. The van der Waals surface area contributed by atoms with Gasteiger partial charge in [0.05, 0.1) is 5.56 Å². The van der Waals surface area contributed by atoms with E-state index < -0.39 is 23.6 Å². The summed E-state index contributed by atoms with van der Waals surface area (Å²) in [6.07, 6.45) is -0.688. The maximum Gasteiger partial charge on any atom is 0.419 e. The second-order valence-electron chi connectivity index (χ2n) is 4.81. The fourth-order valence-electron chi connectivity index (χ4n) is 2.56. The van der Waals surface area contributed by atoms with Crippen LogP contribution in [0.15, 0.2) is 18.2 Å². The lowest BCUT2D eigenvalue weighted by Gasteiger charge is -2.20. The number of hydrogen-bond acceptors (Lipinski definition) is 1. The Balaban J connectivity index is 2.28. The van der Waals surface area contributed by atoms with Crippen LogP contribution in [0.25, 0.3) is 0 Å². The van der Waals surface area contributed by atoms with Crippen LogP contribution < -0.4 is 5.73 Å². The number of nitrogens with two attached hydrogens (primary N) is 1. The predicted octanol–water partition coefficient (Wildman–Crippen LogP) is 4.03. The summed E-state index contributed by atoms with van der Waals surface area (Å²) in [7, 11) is 0. The lowest BCUT2D eigenvalue weighted by Crippen LogP contribution is -2.20. The van der Waals surface area contributed by atoms with Crippen molar-refractivity contribution >= 4 is 0 Å². The van der Waals surface area contributed by atoms with Crippen LogP contribution in [0.5, 0.6) is 0 Å². The van der Waals surface area contributed by atoms with Gasteiger partial charge in [-0.05, 0) is 36.5 Å². The van der Waals surface area contributed by atoms with Gasteiger partial charge in [0.25, 0.3) is 0 Å². The molecule has 0 saturated heterocycles. The quantitative estimate of drug-likeness (QED) is 0.799. The third-order valence-corrected chi connectivity index (χ3v) is 3.59. The Morgan fingerprint density at radius 1 is 1.17 bits per heavy atom. The first-order chi connectivity index (χ1) is 8.39. The van der Waals surface area contributed by atoms with E-state index in [4.69, 9.17) is 5.73 Å². The Morgan fingerprint density at radius 2 is 1.78 bits per heavy atom. The number of halogens is 4. The summed E-state index contributed by atoms with van der Waals surface area (Å²) in [5.41, 5.74) is 5.12. The standard InChI is InChI=1S/C13H15F4N/c14-11-6-5-9(7-10(11)13(15,16)17)12(18)8-3-1-2-4-8/h5-8,12H,1-4,18H2. The molecule has 0 radical (unpaired) electrons. The van der Waals surface area contributed by atoms with Gasteiger partial charge < -0.3 is 5.73 Å². The predicted molar refractivity (Wildman–Crippen MR) is 60.3 cm³/mol. The van der Waals surface area contributed by atoms with Crippen molar-refractivity contribution in [2.24, 2.45) is 11.7 Å². The van der Waals surface area contributed by atoms with Gasteiger partial charge in [-0.1, -0.05) is 18.9 Å². The van der Waals surface area contributed by atoms with Crippen LogP contribution in [0.4, 0.5) is 17.6 Å². The van der Waals surface area contributed by atoms with Gasteiger partial charge in [0.15, 0.2) is 0 Å². The van der Waals surface area contributed by atoms with Gasteiger partial charge in [-0.3, -0.25) is 0 Å². The number of benzene rings is 1. The Morgan fingerprint density at radius 3 is 2.33 bits per heavy atom. The van der Waals surface area contributed by atoms with E-state index in [2.05, 4.69) is 0 Å². The molecular weight excluding hydrogens is 246 g/mol. The van der Waals surface area contributed by atoms with E-state index in [-0.39, 0.29) is 5.92 Å². The average Bonchev–Trinajstić information content (AvgIpc) is 2.80. The molecule has 1 aliphatic carbocycles. The van der Waals surface area contributed by atoms with Crippen molar-refractivity contribution in [2.45, 2.75) is 37.9 Å². The highest BCUT2D eigenvalue weighted by molar-refractivity contribution is 5.29. The van der Waals surface area contributed by atoms with Crippen molar-refractivity contribution < 1.29 is 17.6 Å². The van der Waals surface area contributed by atoms with Crippen molar-refractivity contribution in [1.29, 1.82) is 0 Å². The summed E-state index contributed by atoms with van der Waals surface area (Å²) in [6.45, 7) is 0. The van der Waals surface area contributed by atoms with Crippen LogP contribution in [0.1, 0.15) is 42.9 Å². The average molecular weight is 261 g/mol. The van der Waals surface area contributed by atoms with E-state index in [1.165, 1.54) is 6.07 Å². The minimum atomic E-state index is -4.67. The summed E-state index contributed by atoms with van der Waals surface area (Å²) in [5.74, 6) is -1.04. The first-order valence-corrected chi connectivity index (χ1v) is 6.02. The normalized spacial score (nSPS) is 19.2. The molecule has 0 amide bonds. The van der Waals surface area contributed by atoms with E-state index in [1.807, 2.05) is 0 Å². The molecule has 1 aromatic carbocycles. The smallest absolute Gasteiger partial charge is 0.324 e. The lowest BCUT2D eigenvalue weighted by molar-refractivity contribution is -0.140. The molecule has 1 saturated carbocycles. The van der Waals surface area contributed by atoms with Gasteiger partial charge in [-0.15, -0.1) is 0 Å². The minimum absolute atomic E-state index is 0.205. The van der Waals surface area contributed by atoms with Crippen molar-refractivity contribution in [3.8, 4) is 0 Å². The van der Waals surface area contributed by atoms with E-state index in [9.17, 15) is 17.6 Å². The zero-order valence-corrected chi connectivity index (χ0v) is 9.80. The fraction of sp³-hybridized carbons (Fsp3) is 0.538. The van der Waals surface area contributed by atoms with Crippen LogP contribution >= 0.6 is 0 Å².